The van der Waals surface area contributed by atoms with E-state index in [1.807, 2.05) is 26.0 Å². The molecule has 0 amide bonds. The van der Waals surface area contributed by atoms with E-state index in [0.717, 1.165) is 16.0 Å². The molecular formula is C25H29N5O3S. The molecule has 1 heterocycles. The van der Waals surface area contributed by atoms with E-state index in [-0.39, 0.29) is 41.3 Å². The van der Waals surface area contributed by atoms with Gasteiger partial charge in [0.2, 0.25) is 0 Å². The van der Waals surface area contributed by atoms with Crippen LogP contribution in [-0.4, -0.2) is 49.2 Å². The molecule has 0 aliphatic rings. The number of aliphatic hydroxyl groups is 1. The highest BCUT2D eigenvalue weighted by Gasteiger charge is 2.18. The van der Waals surface area contributed by atoms with Crippen molar-refractivity contribution in [3.05, 3.63) is 71.5 Å². The van der Waals surface area contributed by atoms with Crippen molar-refractivity contribution in [2.75, 3.05) is 18.9 Å². The lowest BCUT2D eigenvalue weighted by Gasteiger charge is -2.09. The number of ketones is 1. The Balaban J connectivity index is 1.72. The van der Waals surface area contributed by atoms with E-state index in [2.05, 4.69) is 15.3 Å². The Kier molecular flexibility index (Phi) is 8.75. The van der Waals surface area contributed by atoms with Gasteiger partial charge >= 0.3 is 0 Å². The summed E-state index contributed by atoms with van der Waals surface area (Å²) in [4.78, 5) is 22.2. The zero-order valence-electron chi connectivity index (χ0n) is 19.2. The molecule has 8 nitrogen and oxygen atoms in total. The topological polar surface area (TPSA) is 142 Å². The molecule has 0 aliphatic heterocycles. The van der Waals surface area contributed by atoms with E-state index in [0.29, 0.717) is 24.3 Å². The number of rotatable bonds is 11. The molecular weight excluding hydrogens is 450 g/mol. The maximum Gasteiger partial charge on any atom is 0.190 e. The average molecular weight is 480 g/mol. The van der Waals surface area contributed by atoms with Crippen molar-refractivity contribution in [2.24, 2.45) is 0 Å². The van der Waals surface area contributed by atoms with Gasteiger partial charge in [-0.3, -0.25) is 9.00 Å². The van der Waals surface area contributed by atoms with Crippen LogP contribution in [0.4, 0.5) is 5.82 Å². The molecule has 5 N–H and O–H groups in total. The lowest BCUT2D eigenvalue weighted by molar-refractivity contribution is 0.0996. The minimum atomic E-state index is -1.09. The summed E-state index contributed by atoms with van der Waals surface area (Å²) in [6.07, 6.45) is 1.34. The smallest absolute Gasteiger partial charge is 0.190 e. The number of anilines is 1. The van der Waals surface area contributed by atoms with Gasteiger partial charge in [0.25, 0.3) is 0 Å². The zero-order valence-corrected chi connectivity index (χ0v) is 20.1. The molecule has 1 atom stereocenters. The second-order valence-electron chi connectivity index (χ2n) is 8.04. The number of nitrogens with zero attached hydrogens (tertiary/aromatic N) is 2. The average Bonchev–Trinajstić information content (AvgIpc) is 2.84. The molecule has 2 aromatic carbocycles. The number of nitrogen functional groups attached to an aromatic ring is 1. The van der Waals surface area contributed by atoms with Crippen molar-refractivity contribution >= 4 is 28.1 Å². The first kappa shape index (κ1) is 25.4. The summed E-state index contributed by atoms with van der Waals surface area (Å²) in [5, 5.41) is 20.3. The minimum Gasteiger partial charge on any atom is -0.395 e. The van der Waals surface area contributed by atoms with Gasteiger partial charge in [-0.1, -0.05) is 50.2 Å². The molecule has 34 heavy (non-hydrogen) atoms. The van der Waals surface area contributed by atoms with Crippen molar-refractivity contribution < 1.29 is 14.1 Å². The maximum absolute atomic E-state index is 12.9. The molecule has 3 aromatic rings. The van der Waals surface area contributed by atoms with Crippen LogP contribution in [-0.2, 0) is 17.3 Å². The van der Waals surface area contributed by atoms with Crippen LogP contribution < -0.4 is 11.1 Å². The quantitative estimate of drug-likeness (QED) is 0.188. The molecule has 0 bridgehead atoms. The summed E-state index contributed by atoms with van der Waals surface area (Å²) in [6, 6.07) is 14.5. The fraction of sp³-hybridized carbons (Fsp3) is 0.280. The van der Waals surface area contributed by atoms with Gasteiger partial charge in [0.1, 0.15) is 5.69 Å². The van der Waals surface area contributed by atoms with Crippen LogP contribution >= 0.6 is 0 Å². The van der Waals surface area contributed by atoms with Crippen molar-refractivity contribution in [1.82, 2.24) is 15.3 Å². The number of aromatic nitrogens is 2. The predicted octanol–water partition coefficient (Wildman–Crippen LogP) is 2.96. The van der Waals surface area contributed by atoms with Crippen molar-refractivity contribution in [3.8, 4) is 11.3 Å². The monoisotopic (exact) mass is 479 g/mol. The standard InChI is InChI=1S/C25H29N5O3S/c1-16(2)34(33)20-9-7-19(8-10-20)22-15-29-25(27)24(30-22)23(32)13-21(26)18-5-3-17(4-6-18)14-28-11-12-31/h3-10,15-16,26,28,31H,11-14H2,1-2H3,(H2,27,29). The lowest BCUT2D eigenvalue weighted by Crippen LogP contribution is -2.17. The Hall–Kier alpha value is -3.27. The van der Waals surface area contributed by atoms with Crippen LogP contribution in [0.2, 0.25) is 0 Å². The molecule has 0 aliphatic carbocycles. The van der Waals surface area contributed by atoms with Crippen LogP contribution in [0.15, 0.2) is 59.6 Å². The second-order valence-corrected chi connectivity index (χ2v) is 10.0. The molecule has 0 radical (unpaired) electrons. The van der Waals surface area contributed by atoms with Gasteiger partial charge in [-0.05, 0) is 23.3 Å². The number of Topliss-reactive ketones (excluding diaryl/α,β-unsaturated/α-hetero) is 1. The molecule has 1 unspecified atom stereocenters. The maximum atomic E-state index is 12.9. The number of hydrogen-bond donors (Lipinski definition) is 4. The molecule has 0 saturated carbocycles. The summed E-state index contributed by atoms with van der Waals surface area (Å²) in [5.74, 6) is -0.368. The Labute approximate surface area is 201 Å². The molecule has 178 valence electrons. The van der Waals surface area contributed by atoms with Gasteiger partial charge in [-0.25, -0.2) is 9.97 Å². The third kappa shape index (κ3) is 6.40. The van der Waals surface area contributed by atoms with Crippen molar-refractivity contribution in [1.29, 1.82) is 5.41 Å². The number of carbonyl (C=O) groups is 1. The van der Waals surface area contributed by atoms with Gasteiger partial charge in [-0.15, -0.1) is 0 Å². The van der Waals surface area contributed by atoms with Crippen molar-refractivity contribution in [2.45, 2.75) is 37.0 Å². The van der Waals surface area contributed by atoms with Gasteiger partial charge in [-0.2, -0.15) is 0 Å². The Morgan fingerprint density at radius 2 is 1.82 bits per heavy atom. The van der Waals surface area contributed by atoms with Gasteiger partial charge < -0.3 is 21.6 Å². The third-order valence-corrected chi connectivity index (χ3v) is 6.73. The first-order valence-corrected chi connectivity index (χ1v) is 12.2. The number of aliphatic hydroxyl groups excluding tert-OH is 1. The number of hydrogen-bond acceptors (Lipinski definition) is 8. The van der Waals surface area contributed by atoms with Crippen molar-refractivity contribution in [3.63, 3.8) is 0 Å². The molecule has 0 spiro atoms. The first-order valence-electron chi connectivity index (χ1n) is 10.9. The van der Waals surface area contributed by atoms with E-state index >= 15 is 0 Å². The van der Waals surface area contributed by atoms with E-state index in [9.17, 15) is 9.00 Å². The summed E-state index contributed by atoms with van der Waals surface area (Å²) < 4.78 is 12.3. The minimum absolute atomic E-state index is 0.0147. The predicted molar refractivity (Wildman–Crippen MR) is 134 cm³/mol. The highest BCUT2D eigenvalue weighted by atomic mass is 32.2. The Morgan fingerprint density at radius 3 is 2.44 bits per heavy atom. The zero-order chi connectivity index (χ0) is 24.7. The summed E-state index contributed by atoms with van der Waals surface area (Å²) >= 11 is 0. The third-order valence-electron chi connectivity index (χ3n) is 5.13. The lowest BCUT2D eigenvalue weighted by atomic mass is 10.0. The van der Waals surface area contributed by atoms with E-state index in [1.165, 1.54) is 6.20 Å². The van der Waals surface area contributed by atoms with Gasteiger partial charge in [0.05, 0.1) is 35.7 Å². The normalized spacial score (nSPS) is 12.0. The molecule has 0 saturated heterocycles. The molecule has 3 rings (SSSR count). The summed E-state index contributed by atoms with van der Waals surface area (Å²) in [5.41, 5.74) is 8.97. The highest BCUT2D eigenvalue weighted by Crippen LogP contribution is 2.22. The Morgan fingerprint density at radius 1 is 1.15 bits per heavy atom. The number of benzene rings is 2. The molecule has 9 heteroatoms. The number of nitrogens with one attached hydrogen (secondary N) is 2. The van der Waals surface area contributed by atoms with Crippen LogP contribution in [0.3, 0.4) is 0 Å². The van der Waals surface area contributed by atoms with Gasteiger partial charge in [0.15, 0.2) is 11.6 Å². The van der Waals surface area contributed by atoms with Crippen LogP contribution in [0, 0.1) is 5.41 Å². The van der Waals surface area contributed by atoms with E-state index in [4.69, 9.17) is 16.2 Å². The fourth-order valence-corrected chi connectivity index (χ4v) is 4.21. The van der Waals surface area contributed by atoms with Gasteiger partial charge in [0, 0.05) is 34.5 Å². The number of carbonyl (C=O) groups excluding carboxylic acids is 1. The molecule has 1 aromatic heterocycles. The highest BCUT2D eigenvalue weighted by molar-refractivity contribution is 7.85. The Bertz CT molecular complexity index is 1180. The largest absolute Gasteiger partial charge is 0.395 e. The SMILES string of the molecule is CC(C)S(=O)c1ccc(-c2cnc(N)c(C(=O)CC(=N)c3ccc(CNCCO)cc3)n2)cc1. The van der Waals surface area contributed by atoms with Crippen LogP contribution in [0.1, 0.15) is 41.9 Å². The summed E-state index contributed by atoms with van der Waals surface area (Å²) in [7, 11) is -1.09. The van der Waals surface area contributed by atoms with Crippen LogP contribution in [0.5, 0.6) is 0 Å². The van der Waals surface area contributed by atoms with E-state index < -0.39 is 10.8 Å². The number of nitrogens with two attached hydrogens (primary N) is 1. The van der Waals surface area contributed by atoms with E-state index in [1.54, 1.807) is 36.4 Å². The second kappa shape index (κ2) is 11.7. The fourth-order valence-electron chi connectivity index (χ4n) is 3.26. The summed E-state index contributed by atoms with van der Waals surface area (Å²) in [6.45, 7) is 4.99. The first-order chi connectivity index (χ1) is 16.3. The molecule has 0 fully saturated rings. The van der Waals surface area contributed by atoms with Crippen LogP contribution in [0.25, 0.3) is 11.3 Å².